The summed E-state index contributed by atoms with van der Waals surface area (Å²) in [4.78, 5) is 0. The summed E-state index contributed by atoms with van der Waals surface area (Å²) in [5.41, 5.74) is 15.6. The number of hydrogen-bond donors (Lipinski definition) is 1. The molecule has 0 unspecified atom stereocenters. The Morgan fingerprint density at radius 2 is 1.33 bits per heavy atom. The minimum absolute atomic E-state index is 0.883. The minimum Gasteiger partial charge on any atom is -0.456 e. The summed E-state index contributed by atoms with van der Waals surface area (Å²) in [6.45, 7) is 2.12. The number of aromatic nitrogens is 1. The molecule has 7 aromatic carbocycles. The second kappa shape index (κ2) is 10.3. The average Bonchev–Trinajstić information content (AvgIpc) is 3.65. The number of fused-ring (bicyclic) bond motifs is 9. The number of nitrogens with two attached hydrogens (primary N) is 1. The van der Waals surface area contributed by atoms with E-state index in [9.17, 15) is 0 Å². The number of benzene rings is 7. The molecule has 2 heterocycles. The van der Waals surface area contributed by atoms with Crippen LogP contribution in [0.3, 0.4) is 0 Å². The Balaban J connectivity index is 1.24. The topological polar surface area (TPSA) is 44.1 Å². The van der Waals surface area contributed by atoms with Crippen molar-refractivity contribution in [2.24, 2.45) is 5.73 Å². The quantitative estimate of drug-likeness (QED) is 0.207. The van der Waals surface area contributed by atoms with Crippen molar-refractivity contribution in [3.05, 3.63) is 157 Å². The highest BCUT2D eigenvalue weighted by Crippen LogP contribution is 2.43. The molecule has 3 nitrogen and oxygen atoms in total. The first-order valence-electron chi connectivity index (χ1n) is 15.6. The van der Waals surface area contributed by atoms with Crippen molar-refractivity contribution in [2.75, 3.05) is 0 Å². The third kappa shape index (κ3) is 3.92. The molecule has 46 heavy (non-hydrogen) atoms. The lowest BCUT2D eigenvalue weighted by Gasteiger charge is -2.12. The maximum Gasteiger partial charge on any atom is 0.136 e. The molecule has 2 aromatic heterocycles. The van der Waals surface area contributed by atoms with Crippen molar-refractivity contribution in [3.63, 3.8) is 0 Å². The molecule has 0 amide bonds. The molecule has 0 spiro atoms. The molecule has 0 fully saturated rings. The van der Waals surface area contributed by atoms with Crippen LogP contribution in [-0.2, 0) is 0 Å². The molecule has 9 aromatic rings. The third-order valence-electron chi connectivity index (χ3n) is 9.36. The Labute approximate surface area is 266 Å². The Morgan fingerprint density at radius 3 is 2.13 bits per heavy atom. The molecular formula is C43H30N2O. The highest BCUT2D eigenvalue weighted by Gasteiger charge is 2.18. The van der Waals surface area contributed by atoms with Crippen LogP contribution in [0.1, 0.15) is 12.5 Å². The SMILES string of the molecule is C/C(=C\C=C/N)c1cccc2oc3cc(-c4ccc(-n5c6ccccc6c6cc7ccccc7cc65)cc4)c4ccccc4c3c12. The summed E-state index contributed by atoms with van der Waals surface area (Å²) in [6.07, 6.45) is 5.48. The first-order valence-corrected chi connectivity index (χ1v) is 15.6. The molecule has 0 aliphatic carbocycles. The Bertz CT molecular complexity index is 2700. The van der Waals surface area contributed by atoms with Gasteiger partial charge in [0.15, 0.2) is 0 Å². The van der Waals surface area contributed by atoms with Gasteiger partial charge in [0.1, 0.15) is 11.2 Å². The molecule has 0 saturated heterocycles. The molecule has 218 valence electrons. The lowest BCUT2D eigenvalue weighted by Crippen LogP contribution is -1.94. The summed E-state index contributed by atoms with van der Waals surface area (Å²) >= 11 is 0. The van der Waals surface area contributed by atoms with Gasteiger partial charge in [-0.2, -0.15) is 0 Å². The molecule has 0 bridgehead atoms. The molecular weight excluding hydrogens is 560 g/mol. The second-order valence-electron chi connectivity index (χ2n) is 12.0. The van der Waals surface area contributed by atoms with Gasteiger partial charge >= 0.3 is 0 Å². The molecule has 0 atom stereocenters. The van der Waals surface area contributed by atoms with Crippen molar-refractivity contribution in [1.29, 1.82) is 0 Å². The van der Waals surface area contributed by atoms with E-state index in [4.69, 9.17) is 10.2 Å². The monoisotopic (exact) mass is 590 g/mol. The summed E-state index contributed by atoms with van der Waals surface area (Å²) < 4.78 is 8.95. The number of furan rings is 1. The molecule has 0 saturated carbocycles. The smallest absolute Gasteiger partial charge is 0.136 e. The summed E-state index contributed by atoms with van der Waals surface area (Å²) in [5, 5.41) is 9.68. The van der Waals surface area contributed by atoms with Crippen LogP contribution in [0.25, 0.3) is 87.7 Å². The number of allylic oxidation sites excluding steroid dienone is 3. The van der Waals surface area contributed by atoms with Crippen molar-refractivity contribution < 1.29 is 4.42 Å². The third-order valence-corrected chi connectivity index (χ3v) is 9.36. The van der Waals surface area contributed by atoms with Crippen molar-refractivity contribution in [3.8, 4) is 16.8 Å². The van der Waals surface area contributed by atoms with Crippen LogP contribution in [0.2, 0.25) is 0 Å². The van der Waals surface area contributed by atoms with Crippen LogP contribution < -0.4 is 5.73 Å². The largest absolute Gasteiger partial charge is 0.456 e. The fourth-order valence-electron chi connectivity index (χ4n) is 7.26. The van der Waals surface area contributed by atoms with Gasteiger partial charge in [-0.15, -0.1) is 0 Å². The second-order valence-corrected chi connectivity index (χ2v) is 12.0. The van der Waals surface area contributed by atoms with E-state index in [1.165, 1.54) is 43.4 Å². The molecule has 0 radical (unpaired) electrons. The number of hydrogen-bond acceptors (Lipinski definition) is 2. The van der Waals surface area contributed by atoms with E-state index in [0.717, 1.165) is 49.9 Å². The lowest BCUT2D eigenvalue weighted by molar-refractivity contribution is 0.669. The van der Waals surface area contributed by atoms with Gasteiger partial charge in [0.25, 0.3) is 0 Å². The highest BCUT2D eigenvalue weighted by molar-refractivity contribution is 6.24. The van der Waals surface area contributed by atoms with Crippen LogP contribution in [0.15, 0.2) is 156 Å². The van der Waals surface area contributed by atoms with Gasteiger partial charge in [-0.3, -0.25) is 0 Å². The molecule has 3 heteroatoms. The predicted molar refractivity (Wildman–Crippen MR) is 195 cm³/mol. The zero-order chi connectivity index (χ0) is 30.8. The van der Waals surface area contributed by atoms with Crippen LogP contribution in [0.5, 0.6) is 0 Å². The number of para-hydroxylation sites is 1. The normalized spacial score (nSPS) is 12.6. The zero-order valence-corrected chi connectivity index (χ0v) is 25.4. The molecule has 0 aliphatic rings. The van der Waals surface area contributed by atoms with Gasteiger partial charge in [0.05, 0.1) is 11.0 Å². The maximum absolute atomic E-state index is 6.56. The molecule has 9 rings (SSSR count). The summed E-state index contributed by atoms with van der Waals surface area (Å²) in [6, 6.07) is 48.0. The number of nitrogens with zero attached hydrogens (tertiary/aromatic N) is 1. The molecule has 2 N–H and O–H groups in total. The van der Waals surface area contributed by atoms with Crippen LogP contribution in [0.4, 0.5) is 0 Å². The van der Waals surface area contributed by atoms with Gasteiger partial charge in [-0.25, -0.2) is 0 Å². The van der Waals surface area contributed by atoms with Gasteiger partial charge < -0.3 is 14.7 Å². The van der Waals surface area contributed by atoms with Crippen LogP contribution in [-0.4, -0.2) is 4.57 Å². The van der Waals surface area contributed by atoms with Gasteiger partial charge in [-0.1, -0.05) is 97.1 Å². The van der Waals surface area contributed by atoms with E-state index in [1.807, 2.05) is 12.2 Å². The van der Waals surface area contributed by atoms with Crippen LogP contribution >= 0.6 is 0 Å². The van der Waals surface area contributed by atoms with E-state index in [0.29, 0.717) is 0 Å². The van der Waals surface area contributed by atoms with Crippen molar-refractivity contribution in [2.45, 2.75) is 6.92 Å². The fraction of sp³-hybridized carbons (Fsp3) is 0.0233. The highest BCUT2D eigenvalue weighted by atomic mass is 16.3. The summed E-state index contributed by atoms with van der Waals surface area (Å²) in [7, 11) is 0. The van der Waals surface area contributed by atoms with Crippen molar-refractivity contribution >= 4 is 70.9 Å². The van der Waals surface area contributed by atoms with Gasteiger partial charge in [0, 0.05) is 27.2 Å². The average molecular weight is 591 g/mol. The van der Waals surface area contributed by atoms with Gasteiger partial charge in [-0.05, 0) is 105 Å². The molecule has 0 aliphatic heterocycles. The van der Waals surface area contributed by atoms with Crippen molar-refractivity contribution in [1.82, 2.24) is 4.57 Å². The minimum atomic E-state index is 0.883. The first-order chi connectivity index (χ1) is 22.7. The lowest BCUT2D eigenvalue weighted by atomic mass is 9.93. The summed E-state index contributed by atoms with van der Waals surface area (Å²) in [5.74, 6) is 0. The standard InChI is InChI=1S/C43H30N2O/c1-27(10-9-23-44)32-16-8-18-40-42(32)43-35-15-5-4-13-33(35)36(26-41(43)46-40)28-19-21-31(22-20-28)45-38-17-7-6-14-34(38)37-24-29-11-2-3-12-30(29)25-39(37)45/h2-26H,44H2,1H3/b23-9-,27-10+. The maximum atomic E-state index is 6.56. The van der Waals surface area contributed by atoms with Gasteiger partial charge in [0.2, 0.25) is 0 Å². The Hall–Kier alpha value is -6.06. The number of rotatable bonds is 4. The van der Waals surface area contributed by atoms with E-state index in [2.05, 4.69) is 145 Å². The van der Waals surface area contributed by atoms with E-state index < -0.39 is 0 Å². The van der Waals surface area contributed by atoms with E-state index in [-0.39, 0.29) is 0 Å². The van der Waals surface area contributed by atoms with Crippen LogP contribution in [0, 0.1) is 0 Å². The van der Waals surface area contributed by atoms with E-state index in [1.54, 1.807) is 6.20 Å². The first kappa shape index (κ1) is 26.4. The Kier molecular flexibility index (Phi) is 5.87. The predicted octanol–water partition coefficient (Wildman–Crippen LogP) is 11.5. The Morgan fingerprint density at radius 1 is 0.609 bits per heavy atom. The van der Waals surface area contributed by atoms with E-state index >= 15 is 0 Å². The fourth-order valence-corrected chi connectivity index (χ4v) is 7.26. The zero-order valence-electron chi connectivity index (χ0n) is 25.4.